The summed E-state index contributed by atoms with van der Waals surface area (Å²) in [6, 6.07) is 11.7. The van der Waals surface area contributed by atoms with Gasteiger partial charge in [0, 0.05) is 17.2 Å². The number of carbonyl (C=O) groups is 1. The second kappa shape index (κ2) is 8.38. The third kappa shape index (κ3) is 5.68. The number of allylic oxidation sites excluding steroid dienone is 1. The van der Waals surface area contributed by atoms with Crippen LogP contribution in [0.5, 0.6) is 17.2 Å². The Hall–Kier alpha value is -2.75. The summed E-state index contributed by atoms with van der Waals surface area (Å²) in [6.07, 6.45) is 3.31. The van der Waals surface area contributed by atoms with Gasteiger partial charge in [-0.3, -0.25) is 4.79 Å². The van der Waals surface area contributed by atoms with E-state index in [1.165, 1.54) is 18.2 Å². The van der Waals surface area contributed by atoms with E-state index in [1.807, 2.05) is 45.9 Å². The van der Waals surface area contributed by atoms with E-state index in [2.05, 4.69) is 0 Å². The van der Waals surface area contributed by atoms with Gasteiger partial charge in [0.15, 0.2) is 5.78 Å². The average Bonchev–Trinajstić information content (AvgIpc) is 2.53. The number of hydrogen-bond donors (Lipinski definition) is 1. The van der Waals surface area contributed by atoms with Gasteiger partial charge in [-0.1, -0.05) is 0 Å². The van der Waals surface area contributed by atoms with Gasteiger partial charge in [-0.15, -0.1) is 0 Å². The topological polar surface area (TPSA) is 55.8 Å². The number of ketones is 1. The van der Waals surface area contributed by atoms with Crippen molar-refractivity contribution in [3.63, 3.8) is 0 Å². The van der Waals surface area contributed by atoms with Gasteiger partial charge in [-0.2, -0.15) is 0 Å². The number of phenols is 1. The molecular weight excluding hydrogens is 316 g/mol. The van der Waals surface area contributed by atoms with E-state index in [4.69, 9.17) is 9.47 Å². The molecule has 0 atom stereocenters. The van der Waals surface area contributed by atoms with E-state index < -0.39 is 0 Å². The van der Waals surface area contributed by atoms with Gasteiger partial charge in [-0.05, 0) is 76.2 Å². The molecule has 132 valence electrons. The van der Waals surface area contributed by atoms with E-state index in [0.29, 0.717) is 11.3 Å². The van der Waals surface area contributed by atoms with E-state index in [9.17, 15) is 9.90 Å². The first-order valence-corrected chi connectivity index (χ1v) is 8.34. The molecule has 0 aliphatic carbocycles. The SMILES string of the molecule is CC(C)Oc1ccc(C=CC(=O)c2ccc(O)cc2)c(OC(C)C)c1. The summed E-state index contributed by atoms with van der Waals surface area (Å²) < 4.78 is 11.5. The minimum Gasteiger partial charge on any atom is -0.508 e. The molecule has 2 rings (SSSR count). The quantitative estimate of drug-likeness (QED) is 0.577. The highest BCUT2D eigenvalue weighted by Gasteiger charge is 2.08. The smallest absolute Gasteiger partial charge is 0.185 e. The van der Waals surface area contributed by atoms with Gasteiger partial charge < -0.3 is 14.6 Å². The highest BCUT2D eigenvalue weighted by molar-refractivity contribution is 6.07. The van der Waals surface area contributed by atoms with Crippen molar-refractivity contribution >= 4 is 11.9 Å². The van der Waals surface area contributed by atoms with Crippen molar-refractivity contribution < 1.29 is 19.4 Å². The van der Waals surface area contributed by atoms with Crippen LogP contribution in [-0.2, 0) is 0 Å². The lowest BCUT2D eigenvalue weighted by Gasteiger charge is -2.15. The zero-order chi connectivity index (χ0) is 18.4. The second-order valence-electron chi connectivity index (χ2n) is 6.28. The Morgan fingerprint density at radius 3 is 2.20 bits per heavy atom. The minimum absolute atomic E-state index is 0.00856. The van der Waals surface area contributed by atoms with Crippen molar-refractivity contribution in [2.75, 3.05) is 0 Å². The summed E-state index contributed by atoms with van der Waals surface area (Å²) in [7, 11) is 0. The van der Waals surface area contributed by atoms with Crippen molar-refractivity contribution in [1.29, 1.82) is 0 Å². The number of rotatable bonds is 7. The normalized spacial score (nSPS) is 11.3. The van der Waals surface area contributed by atoms with Crippen LogP contribution in [0, 0.1) is 0 Å². The van der Waals surface area contributed by atoms with E-state index in [-0.39, 0.29) is 23.7 Å². The Balaban J connectivity index is 2.24. The van der Waals surface area contributed by atoms with Crippen LogP contribution in [0.4, 0.5) is 0 Å². The second-order valence-corrected chi connectivity index (χ2v) is 6.28. The average molecular weight is 340 g/mol. The molecule has 0 saturated carbocycles. The number of ether oxygens (including phenoxy) is 2. The molecule has 0 spiro atoms. The summed E-state index contributed by atoms with van der Waals surface area (Å²) in [5.74, 6) is 1.39. The van der Waals surface area contributed by atoms with Crippen LogP contribution >= 0.6 is 0 Å². The lowest BCUT2D eigenvalue weighted by atomic mass is 10.1. The molecule has 4 heteroatoms. The first kappa shape index (κ1) is 18.6. The fraction of sp³-hybridized carbons (Fsp3) is 0.286. The molecule has 0 aliphatic rings. The molecule has 0 radical (unpaired) electrons. The van der Waals surface area contributed by atoms with Gasteiger partial charge in [0.1, 0.15) is 17.2 Å². The Bertz CT molecular complexity index is 743. The molecule has 4 nitrogen and oxygen atoms in total. The molecule has 0 fully saturated rings. The first-order chi connectivity index (χ1) is 11.8. The van der Waals surface area contributed by atoms with Crippen molar-refractivity contribution in [2.45, 2.75) is 39.9 Å². The molecule has 25 heavy (non-hydrogen) atoms. The lowest BCUT2D eigenvalue weighted by molar-refractivity contribution is 0.104. The van der Waals surface area contributed by atoms with E-state index in [1.54, 1.807) is 18.2 Å². The highest BCUT2D eigenvalue weighted by atomic mass is 16.5. The van der Waals surface area contributed by atoms with Gasteiger partial charge in [-0.25, -0.2) is 0 Å². The predicted molar refractivity (Wildman–Crippen MR) is 99.4 cm³/mol. The third-order valence-corrected chi connectivity index (χ3v) is 3.29. The standard InChI is InChI=1S/C21H24O4/c1-14(2)24-19-11-7-17(21(13-19)25-15(3)4)8-12-20(23)16-5-9-18(22)10-6-16/h5-15,22H,1-4H3. The molecule has 0 unspecified atom stereocenters. The zero-order valence-electron chi connectivity index (χ0n) is 15.0. The Morgan fingerprint density at radius 2 is 1.60 bits per heavy atom. The fourth-order valence-electron chi connectivity index (χ4n) is 2.24. The Kier molecular flexibility index (Phi) is 6.23. The number of hydrogen-bond acceptors (Lipinski definition) is 4. The fourth-order valence-corrected chi connectivity index (χ4v) is 2.24. The molecule has 2 aromatic rings. The minimum atomic E-state index is -0.141. The molecule has 0 amide bonds. The molecule has 1 N–H and O–H groups in total. The van der Waals surface area contributed by atoms with Crippen LogP contribution in [0.15, 0.2) is 48.5 Å². The summed E-state index contributed by atoms with van der Waals surface area (Å²) in [6.45, 7) is 7.83. The third-order valence-electron chi connectivity index (χ3n) is 3.29. The first-order valence-electron chi connectivity index (χ1n) is 8.34. The highest BCUT2D eigenvalue weighted by Crippen LogP contribution is 2.28. The maximum absolute atomic E-state index is 12.2. The molecule has 0 heterocycles. The van der Waals surface area contributed by atoms with Crippen molar-refractivity contribution in [2.24, 2.45) is 0 Å². The summed E-state index contributed by atoms with van der Waals surface area (Å²) in [5, 5.41) is 9.30. The van der Waals surface area contributed by atoms with Crippen LogP contribution in [0.1, 0.15) is 43.6 Å². The van der Waals surface area contributed by atoms with Crippen LogP contribution in [0.3, 0.4) is 0 Å². The van der Waals surface area contributed by atoms with Crippen LogP contribution < -0.4 is 9.47 Å². The molecule has 0 aliphatic heterocycles. The largest absolute Gasteiger partial charge is 0.508 e. The molecule has 0 aromatic heterocycles. The Labute approximate surface area is 148 Å². The molecule has 0 bridgehead atoms. The van der Waals surface area contributed by atoms with Crippen molar-refractivity contribution in [3.8, 4) is 17.2 Å². The van der Waals surface area contributed by atoms with Gasteiger partial charge >= 0.3 is 0 Å². The number of carbonyl (C=O) groups excluding carboxylic acids is 1. The Morgan fingerprint density at radius 1 is 0.960 bits per heavy atom. The summed E-state index contributed by atoms with van der Waals surface area (Å²) in [5.41, 5.74) is 1.32. The van der Waals surface area contributed by atoms with Crippen LogP contribution in [0.2, 0.25) is 0 Å². The van der Waals surface area contributed by atoms with E-state index in [0.717, 1.165) is 11.3 Å². The van der Waals surface area contributed by atoms with Crippen molar-refractivity contribution in [3.05, 3.63) is 59.7 Å². The van der Waals surface area contributed by atoms with Gasteiger partial charge in [0.25, 0.3) is 0 Å². The zero-order valence-corrected chi connectivity index (χ0v) is 15.0. The molecule has 0 saturated heterocycles. The number of benzene rings is 2. The van der Waals surface area contributed by atoms with Gasteiger partial charge in [0.05, 0.1) is 12.2 Å². The number of aromatic hydroxyl groups is 1. The van der Waals surface area contributed by atoms with Crippen LogP contribution in [0.25, 0.3) is 6.08 Å². The number of phenolic OH excluding ortho intramolecular Hbond substituents is 1. The monoisotopic (exact) mass is 340 g/mol. The molecular formula is C21H24O4. The van der Waals surface area contributed by atoms with Crippen molar-refractivity contribution in [1.82, 2.24) is 0 Å². The summed E-state index contributed by atoms with van der Waals surface area (Å²) >= 11 is 0. The van der Waals surface area contributed by atoms with Crippen LogP contribution in [-0.4, -0.2) is 23.1 Å². The summed E-state index contributed by atoms with van der Waals surface area (Å²) in [4.78, 5) is 12.2. The lowest BCUT2D eigenvalue weighted by Crippen LogP contribution is -2.09. The van der Waals surface area contributed by atoms with Gasteiger partial charge in [0.2, 0.25) is 0 Å². The molecule has 2 aromatic carbocycles. The van der Waals surface area contributed by atoms with E-state index >= 15 is 0 Å². The maximum Gasteiger partial charge on any atom is 0.185 e. The maximum atomic E-state index is 12.2. The predicted octanol–water partition coefficient (Wildman–Crippen LogP) is 4.86.